The van der Waals surface area contributed by atoms with Crippen LogP contribution >= 0.6 is 0 Å². The first-order valence-electron chi connectivity index (χ1n) is 3.73. The summed E-state index contributed by atoms with van der Waals surface area (Å²) in [6.07, 6.45) is 3.26. The van der Waals surface area contributed by atoms with Crippen molar-refractivity contribution < 1.29 is 4.79 Å². The maximum absolute atomic E-state index is 10.9. The maximum Gasteiger partial charge on any atom is 0.159 e. The lowest BCUT2D eigenvalue weighted by molar-refractivity contribution is 0.101. The first-order chi connectivity index (χ1) is 5.74. The van der Waals surface area contributed by atoms with E-state index in [-0.39, 0.29) is 5.78 Å². The molecular formula is C10H11NO. The summed E-state index contributed by atoms with van der Waals surface area (Å²) >= 11 is 0. The van der Waals surface area contributed by atoms with E-state index in [2.05, 4.69) is 0 Å². The van der Waals surface area contributed by atoms with Crippen molar-refractivity contribution in [2.45, 2.75) is 6.92 Å². The standard InChI is InChI=1S/C10H11NO/c1-8(12)10-4-2-9(3-5-10)6-7-11/h2-7H,11H2,1H3. The highest BCUT2D eigenvalue weighted by atomic mass is 16.1. The van der Waals surface area contributed by atoms with E-state index in [0.29, 0.717) is 0 Å². The van der Waals surface area contributed by atoms with Gasteiger partial charge in [-0.05, 0) is 24.8 Å². The normalized spacial score (nSPS) is 10.4. The Bertz CT molecular complexity index is 298. The van der Waals surface area contributed by atoms with E-state index in [9.17, 15) is 4.79 Å². The minimum Gasteiger partial charge on any atom is -0.405 e. The van der Waals surface area contributed by atoms with Crippen LogP contribution in [0.4, 0.5) is 0 Å². The summed E-state index contributed by atoms with van der Waals surface area (Å²) in [6, 6.07) is 7.30. The Morgan fingerprint density at radius 1 is 1.33 bits per heavy atom. The van der Waals surface area contributed by atoms with Gasteiger partial charge >= 0.3 is 0 Å². The van der Waals surface area contributed by atoms with E-state index >= 15 is 0 Å². The van der Waals surface area contributed by atoms with Crippen LogP contribution in [0.3, 0.4) is 0 Å². The highest BCUT2D eigenvalue weighted by molar-refractivity contribution is 5.94. The van der Waals surface area contributed by atoms with Crippen molar-refractivity contribution in [3.8, 4) is 0 Å². The second kappa shape index (κ2) is 3.72. The summed E-state index contributed by atoms with van der Waals surface area (Å²) in [5.41, 5.74) is 6.94. The van der Waals surface area contributed by atoms with Gasteiger partial charge in [-0.25, -0.2) is 0 Å². The van der Waals surface area contributed by atoms with E-state index in [1.54, 1.807) is 25.1 Å². The summed E-state index contributed by atoms with van der Waals surface area (Å²) in [5.74, 6) is 0.0817. The number of Topliss-reactive ketones (excluding diaryl/α,β-unsaturated/α-hetero) is 1. The van der Waals surface area contributed by atoms with Crippen molar-refractivity contribution >= 4 is 11.9 Å². The van der Waals surface area contributed by atoms with Crippen molar-refractivity contribution in [3.63, 3.8) is 0 Å². The zero-order valence-corrected chi connectivity index (χ0v) is 6.95. The van der Waals surface area contributed by atoms with Crippen LogP contribution in [-0.4, -0.2) is 5.78 Å². The number of hydrogen-bond donors (Lipinski definition) is 1. The van der Waals surface area contributed by atoms with Crippen molar-refractivity contribution in [3.05, 3.63) is 41.6 Å². The van der Waals surface area contributed by atoms with Gasteiger partial charge in [0.1, 0.15) is 0 Å². The molecule has 0 aliphatic carbocycles. The lowest BCUT2D eigenvalue weighted by atomic mass is 10.1. The number of rotatable bonds is 2. The predicted octanol–water partition coefficient (Wildman–Crippen LogP) is 1.82. The Balaban J connectivity index is 2.93. The van der Waals surface area contributed by atoms with Crippen molar-refractivity contribution in [1.82, 2.24) is 0 Å². The lowest BCUT2D eigenvalue weighted by Gasteiger charge is -1.95. The molecule has 0 heterocycles. The SMILES string of the molecule is CC(=O)c1ccc(C=CN)cc1. The van der Waals surface area contributed by atoms with Gasteiger partial charge in [-0.2, -0.15) is 0 Å². The first kappa shape index (κ1) is 8.53. The average molecular weight is 161 g/mol. The molecule has 62 valence electrons. The van der Waals surface area contributed by atoms with Crippen molar-refractivity contribution in [2.24, 2.45) is 5.73 Å². The van der Waals surface area contributed by atoms with E-state index in [0.717, 1.165) is 11.1 Å². The maximum atomic E-state index is 10.9. The number of ketones is 1. The van der Waals surface area contributed by atoms with Crippen LogP contribution in [-0.2, 0) is 0 Å². The zero-order chi connectivity index (χ0) is 8.97. The number of carbonyl (C=O) groups excluding carboxylic acids is 1. The number of hydrogen-bond acceptors (Lipinski definition) is 2. The van der Waals surface area contributed by atoms with Gasteiger partial charge in [-0.1, -0.05) is 24.3 Å². The molecule has 1 rings (SSSR count). The predicted molar refractivity (Wildman–Crippen MR) is 49.7 cm³/mol. The molecule has 1 aromatic carbocycles. The van der Waals surface area contributed by atoms with Crippen molar-refractivity contribution in [2.75, 3.05) is 0 Å². The quantitative estimate of drug-likeness (QED) is 0.672. The molecule has 0 aliphatic rings. The molecule has 0 spiro atoms. The molecule has 0 fully saturated rings. The summed E-state index contributed by atoms with van der Waals surface area (Å²) in [4.78, 5) is 10.9. The Hall–Kier alpha value is -1.57. The van der Waals surface area contributed by atoms with Gasteiger partial charge in [0.2, 0.25) is 0 Å². The van der Waals surface area contributed by atoms with Crippen molar-refractivity contribution in [1.29, 1.82) is 0 Å². The van der Waals surface area contributed by atoms with E-state index in [1.165, 1.54) is 6.20 Å². The third-order valence-corrected chi connectivity index (χ3v) is 1.61. The molecule has 0 aromatic heterocycles. The molecule has 0 atom stereocenters. The summed E-state index contributed by atoms with van der Waals surface area (Å²) in [7, 11) is 0. The Morgan fingerprint density at radius 3 is 2.33 bits per heavy atom. The van der Waals surface area contributed by atoms with Gasteiger partial charge in [0.05, 0.1) is 0 Å². The molecule has 2 nitrogen and oxygen atoms in total. The average Bonchev–Trinajstić information content (AvgIpc) is 2.06. The van der Waals surface area contributed by atoms with Crippen LogP contribution in [0.2, 0.25) is 0 Å². The third kappa shape index (κ3) is 1.95. The molecule has 0 aliphatic heterocycles. The van der Waals surface area contributed by atoms with Crippen LogP contribution in [0.1, 0.15) is 22.8 Å². The molecule has 0 unspecified atom stereocenters. The molecule has 1 aromatic rings. The largest absolute Gasteiger partial charge is 0.405 e. The van der Waals surface area contributed by atoms with E-state index < -0.39 is 0 Å². The van der Waals surface area contributed by atoms with Gasteiger partial charge in [-0.3, -0.25) is 4.79 Å². The van der Waals surface area contributed by atoms with Gasteiger partial charge in [0.25, 0.3) is 0 Å². The fraction of sp³-hybridized carbons (Fsp3) is 0.100. The third-order valence-electron chi connectivity index (χ3n) is 1.61. The lowest BCUT2D eigenvalue weighted by Crippen LogP contribution is -1.90. The minimum atomic E-state index is 0.0817. The van der Waals surface area contributed by atoms with Crippen LogP contribution in [0.25, 0.3) is 6.08 Å². The second-order valence-corrected chi connectivity index (χ2v) is 2.54. The number of carbonyl (C=O) groups is 1. The fourth-order valence-corrected chi connectivity index (χ4v) is 0.940. The smallest absolute Gasteiger partial charge is 0.159 e. The molecule has 0 radical (unpaired) electrons. The van der Waals surface area contributed by atoms with Gasteiger partial charge in [0, 0.05) is 5.56 Å². The zero-order valence-electron chi connectivity index (χ0n) is 6.95. The van der Waals surface area contributed by atoms with E-state index in [1.807, 2.05) is 12.1 Å². The topological polar surface area (TPSA) is 43.1 Å². The van der Waals surface area contributed by atoms with Gasteiger partial charge in [-0.15, -0.1) is 0 Å². The van der Waals surface area contributed by atoms with Gasteiger partial charge in [0.15, 0.2) is 5.78 Å². The minimum absolute atomic E-state index is 0.0817. The summed E-state index contributed by atoms with van der Waals surface area (Å²) in [5, 5.41) is 0. The monoisotopic (exact) mass is 161 g/mol. The van der Waals surface area contributed by atoms with Crippen LogP contribution < -0.4 is 5.73 Å². The number of nitrogens with two attached hydrogens (primary N) is 1. The summed E-state index contributed by atoms with van der Waals surface area (Å²) in [6.45, 7) is 1.55. The number of benzene rings is 1. The highest BCUT2D eigenvalue weighted by Gasteiger charge is 1.96. The highest BCUT2D eigenvalue weighted by Crippen LogP contribution is 2.05. The molecule has 2 heteroatoms. The molecular weight excluding hydrogens is 150 g/mol. The molecule has 0 saturated carbocycles. The van der Waals surface area contributed by atoms with Gasteiger partial charge < -0.3 is 5.73 Å². The molecule has 0 amide bonds. The van der Waals surface area contributed by atoms with Crippen LogP contribution in [0.5, 0.6) is 0 Å². The molecule has 0 bridgehead atoms. The summed E-state index contributed by atoms with van der Waals surface area (Å²) < 4.78 is 0. The van der Waals surface area contributed by atoms with E-state index in [4.69, 9.17) is 5.73 Å². The molecule has 0 saturated heterocycles. The second-order valence-electron chi connectivity index (χ2n) is 2.54. The first-order valence-corrected chi connectivity index (χ1v) is 3.73. The Kier molecular flexibility index (Phi) is 2.64. The fourth-order valence-electron chi connectivity index (χ4n) is 0.940. The Morgan fingerprint density at radius 2 is 1.92 bits per heavy atom. The molecule has 2 N–H and O–H groups in total. The van der Waals surface area contributed by atoms with Crippen LogP contribution in [0.15, 0.2) is 30.5 Å². The van der Waals surface area contributed by atoms with Crippen LogP contribution in [0, 0.1) is 0 Å². The Labute approximate surface area is 71.7 Å². The molecule has 12 heavy (non-hydrogen) atoms.